The molecule has 3 N–H and O–H groups in total. The van der Waals surface area contributed by atoms with Gasteiger partial charge in [-0.15, -0.1) is 0 Å². The van der Waals surface area contributed by atoms with Crippen LogP contribution in [0.15, 0.2) is 18.2 Å². The first-order chi connectivity index (χ1) is 8.90. The maximum absolute atomic E-state index is 13.4. The van der Waals surface area contributed by atoms with E-state index in [4.69, 9.17) is 5.84 Å². The molecule has 0 heterocycles. The molecule has 0 radical (unpaired) electrons. The summed E-state index contributed by atoms with van der Waals surface area (Å²) in [6.07, 6.45) is -3.69. The molecule has 0 saturated carbocycles. The molecule has 0 aliphatic heterocycles. The molecule has 1 aromatic rings. The monoisotopic (exact) mass is 296 g/mol. The molecule has 0 spiro atoms. The average Bonchev–Trinajstić information content (AvgIpc) is 2.33. The van der Waals surface area contributed by atoms with Gasteiger partial charge in [0.15, 0.2) is 0 Å². The molecule has 0 aliphatic rings. The number of hydrogen-bond donors (Lipinski definition) is 2. The van der Waals surface area contributed by atoms with Crippen molar-refractivity contribution in [1.82, 2.24) is 5.43 Å². The van der Waals surface area contributed by atoms with Crippen LogP contribution in [0.2, 0.25) is 0 Å². The van der Waals surface area contributed by atoms with E-state index in [1.165, 1.54) is 6.07 Å². The predicted octanol–water partition coefficient (Wildman–Crippen LogP) is 3.49. The normalized spacial score (nSPS) is 13.6. The molecule has 0 saturated heterocycles. The summed E-state index contributed by atoms with van der Waals surface area (Å²) in [5, 5.41) is 0. The maximum atomic E-state index is 13.4. The zero-order chi connectivity index (χ0) is 14.5. The molecule has 108 valence electrons. The predicted molar refractivity (Wildman–Crippen MR) is 69.1 cm³/mol. The van der Waals surface area contributed by atoms with Crippen molar-refractivity contribution in [2.75, 3.05) is 11.5 Å². The molecule has 19 heavy (non-hydrogen) atoms. The fourth-order valence-corrected chi connectivity index (χ4v) is 2.54. The molecule has 0 bridgehead atoms. The molecule has 0 aromatic heterocycles. The highest BCUT2D eigenvalue weighted by atomic mass is 32.2. The first-order valence-electron chi connectivity index (χ1n) is 5.80. The summed E-state index contributed by atoms with van der Waals surface area (Å²) in [4.78, 5) is 0. The summed E-state index contributed by atoms with van der Waals surface area (Å²) in [6, 6.07) is 2.52. The molecule has 1 rings (SSSR count). The first kappa shape index (κ1) is 16.3. The topological polar surface area (TPSA) is 38.0 Å². The van der Waals surface area contributed by atoms with Crippen molar-refractivity contribution < 1.29 is 17.6 Å². The number of halogens is 4. The van der Waals surface area contributed by atoms with Gasteiger partial charge >= 0.3 is 6.18 Å². The van der Waals surface area contributed by atoms with Crippen molar-refractivity contribution in [2.45, 2.75) is 25.6 Å². The fourth-order valence-electron chi connectivity index (χ4n) is 1.56. The molecular weight excluding hydrogens is 280 g/mol. The third kappa shape index (κ3) is 4.67. The second-order valence-corrected chi connectivity index (χ2v) is 5.18. The maximum Gasteiger partial charge on any atom is 0.419 e. The first-order valence-corrected chi connectivity index (χ1v) is 6.96. The van der Waals surface area contributed by atoms with Gasteiger partial charge in [-0.3, -0.25) is 11.3 Å². The smallest absolute Gasteiger partial charge is 0.271 e. The number of rotatable bonds is 6. The molecule has 1 unspecified atom stereocenters. The van der Waals surface area contributed by atoms with Crippen LogP contribution in [0.25, 0.3) is 0 Å². The van der Waals surface area contributed by atoms with E-state index < -0.39 is 17.6 Å². The fraction of sp³-hybridized carbons (Fsp3) is 0.500. The van der Waals surface area contributed by atoms with E-state index in [1.807, 2.05) is 6.92 Å². The number of hydrogen-bond acceptors (Lipinski definition) is 3. The van der Waals surface area contributed by atoms with Crippen molar-refractivity contribution in [1.29, 1.82) is 0 Å². The molecular formula is C12H16F4N2S. The van der Waals surface area contributed by atoms with Gasteiger partial charge in [0.2, 0.25) is 0 Å². The summed E-state index contributed by atoms with van der Waals surface area (Å²) in [7, 11) is 0. The number of nitrogens with two attached hydrogens (primary N) is 1. The number of nitrogens with one attached hydrogen (secondary N) is 1. The third-order valence-corrected chi connectivity index (χ3v) is 3.80. The van der Waals surface area contributed by atoms with E-state index in [-0.39, 0.29) is 6.04 Å². The number of hydrazine groups is 1. The van der Waals surface area contributed by atoms with E-state index in [0.717, 1.165) is 24.3 Å². The van der Waals surface area contributed by atoms with Gasteiger partial charge in [0.25, 0.3) is 0 Å². The Kier molecular flexibility index (Phi) is 6.09. The zero-order valence-corrected chi connectivity index (χ0v) is 11.2. The van der Waals surface area contributed by atoms with Gasteiger partial charge in [-0.1, -0.05) is 13.0 Å². The van der Waals surface area contributed by atoms with Gasteiger partial charge in [0.1, 0.15) is 5.82 Å². The summed E-state index contributed by atoms with van der Waals surface area (Å²) in [6.45, 7) is 2.02. The van der Waals surface area contributed by atoms with E-state index in [0.29, 0.717) is 11.3 Å². The summed E-state index contributed by atoms with van der Waals surface area (Å²) >= 11 is 1.61. The Morgan fingerprint density at radius 3 is 2.53 bits per heavy atom. The highest BCUT2D eigenvalue weighted by molar-refractivity contribution is 7.99. The van der Waals surface area contributed by atoms with Gasteiger partial charge in [0.05, 0.1) is 11.6 Å². The third-order valence-electron chi connectivity index (χ3n) is 2.54. The van der Waals surface area contributed by atoms with E-state index in [2.05, 4.69) is 5.43 Å². The Labute approximate surface area is 113 Å². The SMILES string of the molecule is CCCSCC(NN)c1ccc(C(F)(F)F)c(F)c1. The standard InChI is InChI=1S/C12H16F4N2S/c1-2-5-19-7-11(18-17)8-3-4-9(10(13)6-8)12(14,15)16/h3-4,6,11,18H,2,5,7,17H2,1H3. The largest absolute Gasteiger partial charge is 0.419 e. The Morgan fingerprint density at radius 1 is 1.37 bits per heavy atom. The molecule has 0 aliphatic carbocycles. The van der Waals surface area contributed by atoms with Gasteiger partial charge < -0.3 is 0 Å². The minimum absolute atomic E-state index is 0.367. The van der Waals surface area contributed by atoms with Crippen LogP contribution in [0.4, 0.5) is 17.6 Å². The molecule has 7 heteroatoms. The Morgan fingerprint density at radius 2 is 2.05 bits per heavy atom. The Balaban J connectivity index is 2.86. The molecule has 0 amide bonds. The van der Waals surface area contributed by atoms with Crippen molar-refractivity contribution in [3.05, 3.63) is 35.1 Å². The minimum Gasteiger partial charge on any atom is -0.271 e. The Hall–Kier alpha value is -0.790. The van der Waals surface area contributed by atoms with Crippen molar-refractivity contribution in [3.8, 4) is 0 Å². The van der Waals surface area contributed by atoms with Crippen molar-refractivity contribution in [2.24, 2.45) is 5.84 Å². The lowest BCUT2D eigenvalue weighted by Gasteiger charge is -2.17. The van der Waals surface area contributed by atoms with Crippen LogP contribution in [0.3, 0.4) is 0 Å². The quantitative estimate of drug-likeness (QED) is 0.365. The van der Waals surface area contributed by atoms with Crippen LogP contribution in [-0.2, 0) is 6.18 Å². The van der Waals surface area contributed by atoms with Crippen molar-refractivity contribution in [3.63, 3.8) is 0 Å². The number of benzene rings is 1. The highest BCUT2D eigenvalue weighted by Crippen LogP contribution is 2.32. The zero-order valence-electron chi connectivity index (χ0n) is 10.4. The molecule has 1 atom stereocenters. The number of thioether (sulfide) groups is 1. The number of alkyl halides is 3. The lowest BCUT2D eigenvalue weighted by atomic mass is 10.1. The second kappa shape index (κ2) is 7.12. The molecule has 2 nitrogen and oxygen atoms in total. The van der Waals surface area contributed by atoms with Crippen molar-refractivity contribution >= 4 is 11.8 Å². The lowest BCUT2D eigenvalue weighted by Crippen LogP contribution is -2.30. The minimum atomic E-state index is -4.68. The summed E-state index contributed by atoms with van der Waals surface area (Å²) in [5.41, 5.74) is 1.65. The van der Waals surface area contributed by atoms with Gasteiger partial charge in [-0.25, -0.2) is 4.39 Å². The molecule has 1 aromatic carbocycles. The van der Waals surface area contributed by atoms with E-state index >= 15 is 0 Å². The Bertz CT molecular complexity index is 409. The average molecular weight is 296 g/mol. The van der Waals surface area contributed by atoms with Crippen LogP contribution >= 0.6 is 11.8 Å². The van der Waals surface area contributed by atoms with Gasteiger partial charge in [-0.2, -0.15) is 24.9 Å². The van der Waals surface area contributed by atoms with E-state index in [1.54, 1.807) is 11.8 Å². The summed E-state index contributed by atoms with van der Waals surface area (Å²) in [5.74, 6) is 5.58. The van der Waals surface area contributed by atoms with E-state index in [9.17, 15) is 17.6 Å². The second-order valence-electron chi connectivity index (χ2n) is 4.03. The van der Waals surface area contributed by atoms with Crippen LogP contribution < -0.4 is 11.3 Å². The van der Waals surface area contributed by atoms with Crippen LogP contribution in [0.5, 0.6) is 0 Å². The summed E-state index contributed by atoms with van der Waals surface area (Å²) < 4.78 is 50.7. The van der Waals surface area contributed by atoms with Gasteiger partial charge in [-0.05, 0) is 29.9 Å². The highest BCUT2D eigenvalue weighted by Gasteiger charge is 2.34. The van der Waals surface area contributed by atoms with Crippen LogP contribution in [-0.4, -0.2) is 11.5 Å². The van der Waals surface area contributed by atoms with Gasteiger partial charge in [0, 0.05) is 5.75 Å². The lowest BCUT2D eigenvalue weighted by molar-refractivity contribution is -0.140. The molecule has 0 fully saturated rings. The van der Waals surface area contributed by atoms with Crippen LogP contribution in [0.1, 0.15) is 30.5 Å². The van der Waals surface area contributed by atoms with Crippen LogP contribution in [0, 0.1) is 5.82 Å².